The summed E-state index contributed by atoms with van der Waals surface area (Å²) in [4.78, 5) is 16.4. The van der Waals surface area contributed by atoms with E-state index in [9.17, 15) is 4.79 Å². The Bertz CT molecular complexity index is 1570. The third-order valence-electron chi connectivity index (χ3n) is 6.06. The van der Waals surface area contributed by atoms with Crippen LogP contribution >= 0.6 is 11.6 Å². The second kappa shape index (κ2) is 10.7. The van der Waals surface area contributed by atoms with E-state index in [1.165, 1.54) is 4.68 Å². The monoisotopic (exact) mass is 548 g/mol. The minimum absolute atomic E-state index is 0.193. The van der Waals surface area contributed by atoms with Gasteiger partial charge in [0.1, 0.15) is 12.4 Å². The number of fused-ring (bicyclic) bond motifs is 1. The van der Waals surface area contributed by atoms with E-state index in [2.05, 4.69) is 34.9 Å². The number of aryl methyl sites for hydroxylation is 1. The van der Waals surface area contributed by atoms with Crippen molar-refractivity contribution in [1.29, 1.82) is 0 Å². The van der Waals surface area contributed by atoms with Gasteiger partial charge in [-0.25, -0.2) is 4.68 Å². The van der Waals surface area contributed by atoms with Crippen molar-refractivity contribution in [2.45, 2.75) is 33.3 Å². The van der Waals surface area contributed by atoms with Crippen LogP contribution in [0.1, 0.15) is 5.69 Å². The number of benzene rings is 2. The zero-order chi connectivity index (χ0) is 26.9. The third kappa shape index (κ3) is 5.48. The molecule has 1 aromatic heterocycles. The number of aromatic nitrogens is 6. The van der Waals surface area contributed by atoms with E-state index in [-0.39, 0.29) is 12.3 Å². The minimum Gasteiger partial charge on any atom is -0.415 e. The normalized spacial score (nSPS) is 11.9. The fourth-order valence-electron chi connectivity index (χ4n) is 4.21. The Hall–Kier alpha value is -3.57. The molecule has 9 nitrogen and oxygen atoms in total. The van der Waals surface area contributed by atoms with Gasteiger partial charge in [-0.1, -0.05) is 41.1 Å². The maximum atomic E-state index is 13.1. The lowest BCUT2D eigenvalue weighted by Gasteiger charge is -2.17. The molecule has 1 N–H and O–H groups in total. The van der Waals surface area contributed by atoms with Crippen molar-refractivity contribution in [2.24, 2.45) is 0 Å². The third-order valence-corrected chi connectivity index (χ3v) is 7.38. The van der Waals surface area contributed by atoms with E-state index < -0.39 is 8.32 Å². The molecule has 0 spiro atoms. The first-order chi connectivity index (χ1) is 18.2. The van der Waals surface area contributed by atoms with Gasteiger partial charge in [-0.3, -0.25) is 4.79 Å². The number of hydrogen-bond acceptors (Lipinski definition) is 6. The largest absolute Gasteiger partial charge is 0.415 e. The summed E-state index contributed by atoms with van der Waals surface area (Å²) in [5.74, 6) is 0. The van der Waals surface area contributed by atoms with Gasteiger partial charge in [0.15, 0.2) is 8.32 Å². The molecule has 3 aromatic rings. The Kier molecular flexibility index (Phi) is 7.31. The van der Waals surface area contributed by atoms with Crippen molar-refractivity contribution in [2.75, 3.05) is 13.2 Å². The number of H-pyrrole nitrogens is 1. The summed E-state index contributed by atoms with van der Waals surface area (Å²) in [6.45, 7) is 9.76. The van der Waals surface area contributed by atoms with Gasteiger partial charge in [-0.05, 0) is 56.4 Å². The zero-order valence-corrected chi connectivity index (χ0v) is 23.5. The van der Waals surface area contributed by atoms with Gasteiger partial charge in [-0.15, -0.1) is 5.10 Å². The Morgan fingerprint density at radius 1 is 1.00 bits per heavy atom. The van der Waals surface area contributed by atoms with Gasteiger partial charge in [0.25, 0.3) is 5.56 Å². The molecule has 0 saturated carbocycles. The molecule has 0 fully saturated rings. The van der Waals surface area contributed by atoms with E-state index >= 15 is 0 Å². The maximum Gasteiger partial charge on any atom is 0.282 e. The summed E-state index contributed by atoms with van der Waals surface area (Å²) in [7, 11) is -1.56. The molecule has 2 aromatic carbocycles. The van der Waals surface area contributed by atoms with Gasteiger partial charge >= 0.3 is 0 Å². The SMILES string of the molecule is Cc1[nH]cc2c(=O)n(-c3ccc(Cl)cc3)nc-2c1-c1ccc(-c2cnnn2COCCO[Si](C)(C)C)cc1. The van der Waals surface area contributed by atoms with Gasteiger partial charge in [-0.2, -0.15) is 9.78 Å². The van der Waals surface area contributed by atoms with Crippen LogP contribution in [0.2, 0.25) is 24.7 Å². The van der Waals surface area contributed by atoms with Crippen molar-refractivity contribution in [3.8, 4) is 39.3 Å². The fraction of sp³-hybridized carbons (Fsp3) is 0.259. The van der Waals surface area contributed by atoms with Gasteiger partial charge in [0, 0.05) is 28.0 Å². The van der Waals surface area contributed by atoms with Crippen LogP contribution in [-0.2, 0) is 15.9 Å². The van der Waals surface area contributed by atoms with Gasteiger partial charge in [0.05, 0.1) is 36.4 Å². The molecule has 196 valence electrons. The van der Waals surface area contributed by atoms with Crippen LogP contribution in [0.4, 0.5) is 0 Å². The topological polar surface area (TPSA) is 99.9 Å². The highest BCUT2D eigenvalue weighted by Crippen LogP contribution is 2.34. The Morgan fingerprint density at radius 3 is 2.42 bits per heavy atom. The Labute approximate surface area is 226 Å². The van der Waals surface area contributed by atoms with Crippen molar-refractivity contribution in [3.05, 3.63) is 82.0 Å². The Morgan fingerprint density at radius 2 is 1.71 bits per heavy atom. The summed E-state index contributed by atoms with van der Waals surface area (Å²) in [5.41, 5.74) is 6.13. The molecule has 0 aliphatic carbocycles. The van der Waals surface area contributed by atoms with Gasteiger partial charge in [0.2, 0.25) is 0 Å². The average Bonchev–Trinajstić information content (AvgIpc) is 3.48. The standard InChI is InChI=1S/C27H29ClN6O3Si/c1-18-25(26-23(15-29-18)27(35)34(31-26)22-11-9-21(28)10-12-22)20-7-5-19(6-8-20)24-16-30-32-33(24)17-36-13-14-37-38(2,3)4/h5-12,15-16,29H,13-14,17H2,1-4H3. The molecule has 0 amide bonds. The lowest BCUT2D eigenvalue weighted by atomic mass is 9.97. The molecule has 0 atom stereocenters. The number of aromatic amines is 1. The van der Waals surface area contributed by atoms with Crippen molar-refractivity contribution in [3.63, 3.8) is 0 Å². The lowest BCUT2D eigenvalue weighted by molar-refractivity contribution is 0.0457. The van der Waals surface area contributed by atoms with Gasteiger partial charge < -0.3 is 14.1 Å². The molecule has 5 rings (SSSR count). The van der Waals surface area contributed by atoms with E-state index in [1.54, 1.807) is 41.3 Å². The predicted molar refractivity (Wildman–Crippen MR) is 150 cm³/mol. The van der Waals surface area contributed by atoms with E-state index in [1.807, 2.05) is 31.2 Å². The number of pyridine rings is 1. The molecule has 2 aliphatic heterocycles. The number of hydrogen-bond donors (Lipinski definition) is 1. The van der Waals surface area contributed by atoms with Crippen LogP contribution in [-0.4, -0.2) is 51.3 Å². The molecular weight excluding hydrogens is 520 g/mol. The minimum atomic E-state index is -1.56. The highest BCUT2D eigenvalue weighted by molar-refractivity contribution is 6.69. The molecule has 0 saturated heterocycles. The smallest absolute Gasteiger partial charge is 0.282 e. The highest BCUT2D eigenvalue weighted by Gasteiger charge is 2.22. The number of ether oxygens (including phenoxy) is 1. The zero-order valence-electron chi connectivity index (χ0n) is 21.7. The first-order valence-corrected chi connectivity index (χ1v) is 16.1. The van der Waals surface area contributed by atoms with Crippen LogP contribution in [0.3, 0.4) is 0 Å². The second-order valence-electron chi connectivity index (χ2n) is 9.94. The van der Waals surface area contributed by atoms with Crippen molar-refractivity contribution >= 4 is 19.9 Å². The molecule has 11 heteroatoms. The molecule has 38 heavy (non-hydrogen) atoms. The lowest BCUT2D eigenvalue weighted by Crippen LogP contribution is -2.27. The van der Waals surface area contributed by atoms with Crippen molar-refractivity contribution in [1.82, 2.24) is 29.8 Å². The van der Waals surface area contributed by atoms with Crippen LogP contribution < -0.4 is 5.56 Å². The number of halogens is 1. The average molecular weight is 549 g/mol. The number of rotatable bonds is 9. The van der Waals surface area contributed by atoms with Crippen LogP contribution in [0.15, 0.2) is 65.7 Å². The first-order valence-electron chi connectivity index (χ1n) is 12.3. The molecule has 0 unspecified atom stereocenters. The molecule has 0 bridgehead atoms. The second-order valence-corrected chi connectivity index (χ2v) is 14.9. The summed E-state index contributed by atoms with van der Waals surface area (Å²) in [5, 5.41) is 13.5. The maximum absolute atomic E-state index is 13.1. The predicted octanol–water partition coefficient (Wildman–Crippen LogP) is 5.38. The molecular formula is C27H29ClN6O3Si. The van der Waals surface area contributed by atoms with Crippen LogP contribution in [0, 0.1) is 6.92 Å². The summed E-state index contributed by atoms with van der Waals surface area (Å²) < 4.78 is 14.7. The summed E-state index contributed by atoms with van der Waals surface area (Å²) >= 11 is 6.02. The van der Waals surface area contributed by atoms with Crippen molar-refractivity contribution < 1.29 is 9.16 Å². The number of nitrogens with zero attached hydrogens (tertiary/aromatic N) is 5. The van der Waals surface area contributed by atoms with E-state index in [4.69, 9.17) is 25.9 Å². The summed E-state index contributed by atoms with van der Waals surface area (Å²) in [6.07, 6.45) is 3.43. The molecule has 3 heterocycles. The fourth-order valence-corrected chi connectivity index (χ4v) is 5.03. The van der Waals surface area contributed by atoms with E-state index in [0.717, 1.165) is 28.1 Å². The first kappa shape index (κ1) is 26.1. The molecule has 0 radical (unpaired) electrons. The molecule has 2 aliphatic rings. The van der Waals surface area contributed by atoms with Crippen LogP contribution in [0.25, 0.3) is 39.3 Å². The summed E-state index contributed by atoms with van der Waals surface area (Å²) in [6, 6.07) is 15.1. The Balaban J connectivity index is 1.39. The highest BCUT2D eigenvalue weighted by atomic mass is 35.5. The van der Waals surface area contributed by atoms with E-state index in [0.29, 0.717) is 35.2 Å². The van der Waals surface area contributed by atoms with Crippen LogP contribution in [0.5, 0.6) is 0 Å². The number of nitrogens with one attached hydrogen (secondary N) is 1. The quantitative estimate of drug-likeness (QED) is 0.196.